The van der Waals surface area contributed by atoms with E-state index in [1.807, 2.05) is 0 Å². The quantitative estimate of drug-likeness (QED) is 0.384. The Labute approximate surface area is 91.9 Å². The molecule has 0 bridgehead atoms. The molecule has 0 aromatic rings. The molecule has 0 spiro atoms. The maximum Gasteiger partial charge on any atom is 1.00 e. The predicted octanol–water partition coefficient (Wildman–Crippen LogP) is 0.272. The Morgan fingerprint density at radius 2 is 1.50 bits per heavy atom. The fourth-order valence-electron chi connectivity index (χ4n) is 0. The standard InChI is InChI=1S/C3H3O.2Cr.2Cu/c1-2-3-4;;;;/h2H,1H2;;;;/q-1;;;;+1. The van der Waals surface area contributed by atoms with Crippen LogP contribution in [0, 0.1) is 0 Å². The molecule has 0 aromatic heterocycles. The molecular weight excluding hydrogens is 283 g/mol. The van der Waals surface area contributed by atoms with Crippen LogP contribution in [0.2, 0.25) is 0 Å². The van der Waals surface area contributed by atoms with Gasteiger partial charge in [-0.1, -0.05) is 0 Å². The Hall–Kier alpha value is 1.51. The van der Waals surface area contributed by atoms with Gasteiger partial charge in [0, 0.05) is 51.8 Å². The topological polar surface area (TPSA) is 17.1 Å². The predicted molar refractivity (Wildman–Crippen MR) is 15.9 cm³/mol. The second kappa shape index (κ2) is 38.9. The summed E-state index contributed by atoms with van der Waals surface area (Å²) in [6.07, 6.45) is 2.51. The van der Waals surface area contributed by atoms with Crippen LogP contribution in [0.4, 0.5) is 0 Å². The molecule has 0 rings (SSSR count). The summed E-state index contributed by atoms with van der Waals surface area (Å²) in [5.74, 6) is 0. The first-order valence-electron chi connectivity index (χ1n) is 0.901. The van der Waals surface area contributed by atoms with Gasteiger partial charge in [0.1, 0.15) is 0 Å². The number of hydrogen-bond donors (Lipinski definition) is 0. The van der Waals surface area contributed by atoms with Gasteiger partial charge in [-0.2, -0.15) is 0 Å². The van der Waals surface area contributed by atoms with E-state index in [1.54, 1.807) is 0 Å². The summed E-state index contributed by atoms with van der Waals surface area (Å²) in [6, 6.07) is 0. The monoisotopic (exact) mass is 285 g/mol. The average molecular weight is 286 g/mol. The zero-order valence-corrected chi connectivity index (χ0v) is 8.05. The summed E-state index contributed by atoms with van der Waals surface area (Å²) in [4.78, 5) is 8.93. The van der Waals surface area contributed by atoms with Gasteiger partial charge in [-0.15, -0.1) is 0 Å². The van der Waals surface area contributed by atoms with E-state index in [1.165, 1.54) is 6.29 Å². The minimum atomic E-state index is 0. The molecule has 0 aliphatic heterocycles. The van der Waals surface area contributed by atoms with Gasteiger partial charge >= 0.3 is 17.1 Å². The smallest absolute Gasteiger partial charge is 0.419 e. The fourth-order valence-corrected chi connectivity index (χ4v) is 0. The summed E-state index contributed by atoms with van der Waals surface area (Å²) in [5, 5.41) is 0. The largest absolute Gasteiger partial charge is 1.00 e. The molecule has 0 fully saturated rings. The third-order valence-electron chi connectivity index (χ3n) is 0.0833. The van der Waals surface area contributed by atoms with Gasteiger partial charge < -0.3 is 4.79 Å². The second-order valence-electron chi connectivity index (χ2n) is 0.322. The van der Waals surface area contributed by atoms with E-state index in [9.17, 15) is 0 Å². The number of rotatable bonds is 1. The maximum atomic E-state index is 8.93. The van der Waals surface area contributed by atoms with Gasteiger partial charge in [-0.3, -0.25) is 0 Å². The molecule has 8 heavy (non-hydrogen) atoms. The Kier molecular flexibility index (Phi) is 165. The Balaban J connectivity index is -0.00000000750. The molecule has 0 aliphatic carbocycles. The normalized spacial score (nSPS) is 2.50. The first-order chi connectivity index (χ1) is 1.91. The summed E-state index contributed by atoms with van der Waals surface area (Å²) in [6.45, 7) is 3.06. The van der Waals surface area contributed by atoms with Crippen molar-refractivity contribution in [2.24, 2.45) is 0 Å². The fraction of sp³-hybridized carbons (Fsp3) is 0. The van der Waals surface area contributed by atoms with E-state index in [0.717, 1.165) is 6.08 Å². The van der Waals surface area contributed by atoms with Crippen molar-refractivity contribution < 1.29 is 73.7 Å². The van der Waals surface area contributed by atoms with E-state index in [-0.39, 0.29) is 68.9 Å². The molecule has 0 aromatic carbocycles. The zero-order valence-electron chi connectivity index (χ0n) is 3.61. The van der Waals surface area contributed by atoms with Gasteiger partial charge in [-0.05, 0) is 6.29 Å². The van der Waals surface area contributed by atoms with Crippen LogP contribution in [-0.4, -0.2) is 6.29 Å². The summed E-state index contributed by atoms with van der Waals surface area (Å²) < 4.78 is 0. The molecule has 1 nitrogen and oxygen atoms in total. The number of allylic oxidation sites excluding steroid dienone is 1. The van der Waals surface area contributed by atoms with Crippen molar-refractivity contribution in [3.05, 3.63) is 12.7 Å². The minimum Gasteiger partial charge on any atom is -0.419 e. The van der Waals surface area contributed by atoms with Gasteiger partial charge in [-0.25, -0.2) is 12.7 Å². The van der Waals surface area contributed by atoms with Crippen LogP contribution in [0.3, 0.4) is 0 Å². The Bertz CT molecular complexity index is 36.3. The average Bonchev–Trinajstić information content (AvgIpc) is 1.37. The van der Waals surface area contributed by atoms with Crippen LogP contribution in [0.15, 0.2) is 12.7 Å². The molecule has 0 N–H and O–H groups in total. The molecule has 0 unspecified atom stereocenters. The van der Waals surface area contributed by atoms with Crippen molar-refractivity contribution in [3.8, 4) is 0 Å². The maximum absolute atomic E-state index is 8.93. The Morgan fingerprint density at radius 1 is 1.38 bits per heavy atom. The first kappa shape index (κ1) is 33.8. The van der Waals surface area contributed by atoms with Crippen molar-refractivity contribution in [2.75, 3.05) is 0 Å². The van der Waals surface area contributed by atoms with Crippen LogP contribution in [0.5, 0.6) is 0 Å². The van der Waals surface area contributed by atoms with Crippen LogP contribution in [0.1, 0.15) is 0 Å². The van der Waals surface area contributed by atoms with Gasteiger partial charge in [0.25, 0.3) is 0 Å². The molecule has 0 saturated heterocycles. The Morgan fingerprint density at radius 3 is 1.50 bits per heavy atom. The molecule has 0 atom stereocenters. The third kappa shape index (κ3) is 50.4. The van der Waals surface area contributed by atoms with Crippen LogP contribution in [0.25, 0.3) is 0 Å². The molecule has 55 valence electrons. The van der Waals surface area contributed by atoms with Crippen LogP contribution < -0.4 is 0 Å². The number of carbonyl (C=O) groups excluding carboxylic acids is 1. The molecular formula is C3H3Cr2Cu2O. The van der Waals surface area contributed by atoms with E-state index >= 15 is 0 Å². The molecule has 0 amide bonds. The molecule has 0 aliphatic rings. The zero-order chi connectivity index (χ0) is 3.41. The SMILES string of the molecule is C=C[C-]=O.[Cr].[Cr].[Cu+].[Cu]. The number of hydrogen-bond acceptors (Lipinski definition) is 1. The van der Waals surface area contributed by atoms with Crippen LogP contribution >= 0.6 is 0 Å². The van der Waals surface area contributed by atoms with Crippen molar-refractivity contribution >= 4 is 6.29 Å². The van der Waals surface area contributed by atoms with Crippen LogP contribution in [-0.2, 0) is 73.7 Å². The van der Waals surface area contributed by atoms with Gasteiger partial charge in [0.05, 0.1) is 0 Å². The molecule has 0 saturated carbocycles. The van der Waals surface area contributed by atoms with E-state index < -0.39 is 0 Å². The molecule has 5 heteroatoms. The van der Waals surface area contributed by atoms with E-state index in [2.05, 4.69) is 6.58 Å². The van der Waals surface area contributed by atoms with Gasteiger partial charge in [0.15, 0.2) is 0 Å². The first-order valence-corrected chi connectivity index (χ1v) is 0.901. The third-order valence-corrected chi connectivity index (χ3v) is 0.0833. The van der Waals surface area contributed by atoms with Crippen molar-refractivity contribution in [1.82, 2.24) is 0 Å². The summed E-state index contributed by atoms with van der Waals surface area (Å²) in [7, 11) is 0. The van der Waals surface area contributed by atoms with E-state index in [4.69, 9.17) is 4.79 Å². The summed E-state index contributed by atoms with van der Waals surface area (Å²) >= 11 is 0. The van der Waals surface area contributed by atoms with Crippen molar-refractivity contribution in [2.45, 2.75) is 0 Å². The second-order valence-corrected chi connectivity index (χ2v) is 0.322. The van der Waals surface area contributed by atoms with Crippen molar-refractivity contribution in [3.63, 3.8) is 0 Å². The van der Waals surface area contributed by atoms with Crippen molar-refractivity contribution in [1.29, 1.82) is 0 Å². The molecule has 0 heterocycles. The minimum absolute atomic E-state index is 0. The summed E-state index contributed by atoms with van der Waals surface area (Å²) in [5.41, 5.74) is 0. The van der Waals surface area contributed by atoms with E-state index in [0.29, 0.717) is 0 Å². The van der Waals surface area contributed by atoms with Gasteiger partial charge in [0.2, 0.25) is 0 Å². The molecule has 1 radical (unpaired) electrons.